The molecule has 1 fully saturated rings. The van der Waals surface area contributed by atoms with Crippen molar-refractivity contribution in [2.24, 2.45) is 0 Å². The minimum Gasteiger partial charge on any atom is -0.490 e. The summed E-state index contributed by atoms with van der Waals surface area (Å²) in [4.78, 5) is 0. The Morgan fingerprint density at radius 3 is 2.71 bits per heavy atom. The van der Waals surface area contributed by atoms with Gasteiger partial charge in [-0.25, -0.2) is 4.39 Å². The predicted molar refractivity (Wildman–Crippen MR) is 49.4 cm³/mol. The minimum atomic E-state index is -0.510. The van der Waals surface area contributed by atoms with Crippen molar-refractivity contribution in [3.63, 3.8) is 0 Å². The third kappa shape index (κ3) is 1.69. The molecular weight excluding hydrogens is 181 g/mol. The largest absolute Gasteiger partial charge is 0.490 e. The van der Waals surface area contributed by atoms with Crippen LogP contribution in [0.3, 0.4) is 0 Å². The van der Waals surface area contributed by atoms with E-state index in [1.165, 1.54) is 18.6 Å². The van der Waals surface area contributed by atoms with Gasteiger partial charge in [0, 0.05) is 6.07 Å². The van der Waals surface area contributed by atoms with Crippen LogP contribution in [0.2, 0.25) is 0 Å². The average molecular weight is 191 g/mol. The van der Waals surface area contributed by atoms with Crippen LogP contribution in [0.25, 0.3) is 0 Å². The second kappa shape index (κ2) is 3.67. The maximum absolute atomic E-state index is 13.1. The summed E-state index contributed by atoms with van der Waals surface area (Å²) in [6.45, 7) is 0. The fourth-order valence-corrected chi connectivity index (χ4v) is 1.34. The first-order valence-corrected chi connectivity index (χ1v) is 4.66. The normalized spacial score (nSPS) is 15.7. The Bertz CT molecular complexity index is 379. The first-order valence-electron chi connectivity index (χ1n) is 4.66. The maximum atomic E-state index is 13.1. The van der Waals surface area contributed by atoms with Crippen molar-refractivity contribution in [1.82, 2.24) is 0 Å². The van der Waals surface area contributed by atoms with E-state index in [0.717, 1.165) is 12.8 Å². The van der Waals surface area contributed by atoms with Crippen molar-refractivity contribution in [3.8, 4) is 11.8 Å². The second-order valence-electron chi connectivity index (χ2n) is 3.42. The molecule has 1 aromatic rings. The van der Waals surface area contributed by atoms with Crippen LogP contribution in [0.1, 0.15) is 24.8 Å². The highest BCUT2D eigenvalue weighted by atomic mass is 19.1. The smallest absolute Gasteiger partial charge is 0.144 e. The molecule has 0 amide bonds. The molecule has 3 heteroatoms. The summed E-state index contributed by atoms with van der Waals surface area (Å²) >= 11 is 0. The second-order valence-corrected chi connectivity index (χ2v) is 3.42. The lowest BCUT2D eigenvalue weighted by Crippen LogP contribution is -2.24. The van der Waals surface area contributed by atoms with Gasteiger partial charge in [-0.15, -0.1) is 0 Å². The van der Waals surface area contributed by atoms with Gasteiger partial charge in [-0.05, 0) is 31.4 Å². The van der Waals surface area contributed by atoms with E-state index < -0.39 is 5.82 Å². The molecule has 0 saturated heterocycles. The minimum absolute atomic E-state index is 0.0611. The number of ether oxygens (including phenoxy) is 1. The highest BCUT2D eigenvalue weighted by molar-refractivity contribution is 5.36. The van der Waals surface area contributed by atoms with Crippen LogP contribution in [0.15, 0.2) is 18.2 Å². The van der Waals surface area contributed by atoms with E-state index in [0.29, 0.717) is 5.75 Å². The first kappa shape index (κ1) is 9.01. The van der Waals surface area contributed by atoms with Gasteiger partial charge < -0.3 is 4.74 Å². The molecule has 1 aliphatic rings. The molecule has 0 atom stereocenters. The fourth-order valence-electron chi connectivity index (χ4n) is 1.34. The van der Waals surface area contributed by atoms with Crippen LogP contribution in [0.5, 0.6) is 5.75 Å². The molecule has 0 aliphatic heterocycles. The van der Waals surface area contributed by atoms with Crippen molar-refractivity contribution < 1.29 is 9.13 Å². The maximum Gasteiger partial charge on any atom is 0.144 e. The van der Waals surface area contributed by atoms with E-state index in [9.17, 15) is 4.39 Å². The van der Waals surface area contributed by atoms with Gasteiger partial charge >= 0.3 is 0 Å². The number of hydrogen-bond acceptors (Lipinski definition) is 2. The zero-order chi connectivity index (χ0) is 9.97. The summed E-state index contributed by atoms with van der Waals surface area (Å²) in [6.07, 6.45) is 3.51. The lowest BCUT2D eigenvalue weighted by atomic mass is 9.96. The van der Waals surface area contributed by atoms with E-state index >= 15 is 0 Å². The van der Waals surface area contributed by atoms with Gasteiger partial charge in [0.15, 0.2) is 0 Å². The van der Waals surface area contributed by atoms with Gasteiger partial charge in [0.25, 0.3) is 0 Å². The molecule has 0 bridgehead atoms. The van der Waals surface area contributed by atoms with E-state index in [2.05, 4.69) is 0 Å². The lowest BCUT2D eigenvalue weighted by molar-refractivity contribution is 0.120. The Kier molecular flexibility index (Phi) is 2.36. The molecule has 72 valence electrons. The Morgan fingerprint density at radius 2 is 2.21 bits per heavy atom. The quantitative estimate of drug-likeness (QED) is 0.719. The molecule has 2 nitrogen and oxygen atoms in total. The summed E-state index contributed by atoms with van der Waals surface area (Å²) in [6, 6.07) is 6.13. The highest BCUT2D eigenvalue weighted by Gasteiger charge is 2.19. The third-order valence-electron chi connectivity index (χ3n) is 2.42. The SMILES string of the molecule is N#Cc1ccc(OC2CCC2)cc1F. The van der Waals surface area contributed by atoms with Crippen LogP contribution in [0, 0.1) is 17.1 Å². The van der Waals surface area contributed by atoms with Gasteiger partial charge in [0.1, 0.15) is 17.6 Å². The van der Waals surface area contributed by atoms with E-state index in [4.69, 9.17) is 10.00 Å². The zero-order valence-electron chi connectivity index (χ0n) is 7.66. The number of nitrogens with zero attached hydrogens (tertiary/aromatic N) is 1. The van der Waals surface area contributed by atoms with E-state index in [-0.39, 0.29) is 11.7 Å². The van der Waals surface area contributed by atoms with Gasteiger partial charge in [0.05, 0.1) is 11.7 Å². The van der Waals surface area contributed by atoms with Crippen LogP contribution in [0.4, 0.5) is 4.39 Å². The third-order valence-corrected chi connectivity index (χ3v) is 2.42. The summed E-state index contributed by atoms with van der Waals surface area (Å²) in [7, 11) is 0. The van der Waals surface area contributed by atoms with Crippen LogP contribution in [-0.2, 0) is 0 Å². The number of hydrogen-bond donors (Lipinski definition) is 0. The fraction of sp³-hybridized carbons (Fsp3) is 0.364. The van der Waals surface area contributed by atoms with Crippen LogP contribution in [-0.4, -0.2) is 6.10 Å². The molecular formula is C11H10FNO. The Morgan fingerprint density at radius 1 is 1.43 bits per heavy atom. The Hall–Kier alpha value is -1.56. The summed E-state index contributed by atoms with van der Waals surface area (Å²) in [5.41, 5.74) is 0.0611. The van der Waals surface area contributed by atoms with E-state index in [1.54, 1.807) is 12.1 Å². The molecule has 14 heavy (non-hydrogen) atoms. The molecule has 1 aromatic carbocycles. The van der Waals surface area contributed by atoms with Crippen molar-refractivity contribution in [1.29, 1.82) is 5.26 Å². The molecule has 0 unspecified atom stereocenters. The van der Waals surface area contributed by atoms with Crippen LogP contribution >= 0.6 is 0 Å². The first-order chi connectivity index (χ1) is 6.79. The summed E-state index contributed by atoms with van der Waals surface area (Å²) < 4.78 is 18.6. The molecule has 1 aliphatic carbocycles. The monoisotopic (exact) mass is 191 g/mol. The molecule has 0 N–H and O–H groups in total. The van der Waals surface area contributed by atoms with Crippen molar-refractivity contribution >= 4 is 0 Å². The highest BCUT2D eigenvalue weighted by Crippen LogP contribution is 2.25. The van der Waals surface area contributed by atoms with Gasteiger partial charge in [0.2, 0.25) is 0 Å². The molecule has 0 spiro atoms. The van der Waals surface area contributed by atoms with Gasteiger partial charge in [-0.2, -0.15) is 5.26 Å². The van der Waals surface area contributed by atoms with Gasteiger partial charge in [-0.3, -0.25) is 0 Å². The topological polar surface area (TPSA) is 33.0 Å². The summed E-state index contributed by atoms with van der Waals surface area (Å²) in [5.74, 6) is 0.00974. The van der Waals surface area contributed by atoms with E-state index in [1.807, 2.05) is 0 Å². The number of halogens is 1. The number of benzene rings is 1. The lowest BCUT2D eigenvalue weighted by Gasteiger charge is -2.26. The summed E-state index contributed by atoms with van der Waals surface area (Å²) in [5, 5.41) is 8.52. The van der Waals surface area contributed by atoms with Crippen molar-refractivity contribution in [2.75, 3.05) is 0 Å². The van der Waals surface area contributed by atoms with Crippen LogP contribution < -0.4 is 4.74 Å². The average Bonchev–Trinajstić information content (AvgIpc) is 2.12. The molecule has 1 saturated carbocycles. The molecule has 0 heterocycles. The molecule has 0 aromatic heterocycles. The van der Waals surface area contributed by atoms with Crippen molar-refractivity contribution in [2.45, 2.75) is 25.4 Å². The van der Waals surface area contributed by atoms with Crippen molar-refractivity contribution in [3.05, 3.63) is 29.6 Å². The predicted octanol–water partition coefficient (Wildman–Crippen LogP) is 2.63. The van der Waals surface area contributed by atoms with Gasteiger partial charge in [-0.1, -0.05) is 0 Å². The Labute approximate surface area is 81.9 Å². The number of nitriles is 1. The molecule has 2 rings (SSSR count). The number of rotatable bonds is 2. The zero-order valence-corrected chi connectivity index (χ0v) is 7.66. The standard InChI is InChI=1S/C11H10FNO/c12-11-6-10(5-4-8(11)7-13)14-9-2-1-3-9/h4-6,9H,1-3H2. The molecule has 0 radical (unpaired) electrons. The Balaban J connectivity index is 2.12.